The Morgan fingerprint density at radius 1 is 1.17 bits per heavy atom. The van der Waals surface area contributed by atoms with Gasteiger partial charge in [-0.2, -0.15) is 13.2 Å². The Kier molecular flexibility index (Phi) is 6.17. The van der Waals surface area contributed by atoms with Crippen LogP contribution in [0.15, 0.2) is 35.9 Å². The van der Waals surface area contributed by atoms with Crippen LogP contribution < -0.4 is 10.6 Å². The SMILES string of the molecule is C/C(=C\C(=O)Nc1cccc(CNC(=O)C(F)(F)F)c1)C(C)(C)C. The van der Waals surface area contributed by atoms with E-state index in [1.165, 1.54) is 12.1 Å². The maximum atomic E-state index is 12.1. The number of hydrogen-bond donors (Lipinski definition) is 2. The summed E-state index contributed by atoms with van der Waals surface area (Å²) in [4.78, 5) is 22.8. The molecule has 0 bridgehead atoms. The van der Waals surface area contributed by atoms with Crippen LogP contribution in [0.5, 0.6) is 0 Å². The monoisotopic (exact) mass is 342 g/mol. The Hall–Kier alpha value is -2.31. The Morgan fingerprint density at radius 2 is 1.79 bits per heavy atom. The number of rotatable bonds is 4. The summed E-state index contributed by atoms with van der Waals surface area (Å²) in [5, 5.41) is 4.44. The van der Waals surface area contributed by atoms with E-state index in [1.807, 2.05) is 27.7 Å². The number of alkyl halides is 3. The maximum Gasteiger partial charge on any atom is 0.471 e. The quantitative estimate of drug-likeness (QED) is 0.818. The minimum absolute atomic E-state index is 0.138. The Balaban J connectivity index is 2.73. The molecule has 0 radical (unpaired) electrons. The number of nitrogens with one attached hydrogen (secondary N) is 2. The number of carbonyl (C=O) groups excluding carboxylic acids is 2. The molecular weight excluding hydrogens is 321 g/mol. The summed E-state index contributed by atoms with van der Waals surface area (Å²) in [6.45, 7) is 7.52. The summed E-state index contributed by atoms with van der Waals surface area (Å²) < 4.78 is 36.4. The third-order valence-electron chi connectivity index (χ3n) is 3.44. The summed E-state index contributed by atoms with van der Waals surface area (Å²) in [6.07, 6.45) is -3.43. The summed E-state index contributed by atoms with van der Waals surface area (Å²) in [7, 11) is 0. The molecule has 0 aliphatic heterocycles. The van der Waals surface area contributed by atoms with Crippen molar-refractivity contribution in [3.8, 4) is 0 Å². The van der Waals surface area contributed by atoms with E-state index in [0.29, 0.717) is 11.3 Å². The van der Waals surface area contributed by atoms with Crippen LogP contribution >= 0.6 is 0 Å². The lowest BCUT2D eigenvalue weighted by Gasteiger charge is -2.19. The van der Waals surface area contributed by atoms with Gasteiger partial charge in [-0.25, -0.2) is 0 Å². The summed E-state index contributed by atoms with van der Waals surface area (Å²) in [5.41, 5.74) is 1.65. The van der Waals surface area contributed by atoms with Crippen LogP contribution in [0, 0.1) is 5.41 Å². The van der Waals surface area contributed by atoms with Crippen molar-refractivity contribution in [2.45, 2.75) is 40.4 Å². The number of carbonyl (C=O) groups is 2. The predicted octanol–water partition coefficient (Wildman–Crippen LogP) is 3.80. The van der Waals surface area contributed by atoms with Crippen LogP contribution in [0.25, 0.3) is 0 Å². The number of amides is 2. The van der Waals surface area contributed by atoms with Crippen molar-refractivity contribution in [1.82, 2.24) is 5.32 Å². The van der Waals surface area contributed by atoms with Gasteiger partial charge >= 0.3 is 12.1 Å². The molecule has 2 N–H and O–H groups in total. The maximum absolute atomic E-state index is 12.1. The van der Waals surface area contributed by atoms with Gasteiger partial charge in [0.1, 0.15) is 0 Å². The number of allylic oxidation sites excluding steroid dienone is 1. The molecule has 0 atom stereocenters. The Labute approximate surface area is 139 Å². The second-order valence-corrected chi connectivity index (χ2v) is 6.45. The van der Waals surface area contributed by atoms with Gasteiger partial charge in [-0.3, -0.25) is 9.59 Å². The zero-order valence-electron chi connectivity index (χ0n) is 14.0. The summed E-state index contributed by atoms with van der Waals surface area (Å²) in [6, 6.07) is 6.27. The van der Waals surface area contributed by atoms with Crippen molar-refractivity contribution >= 4 is 17.5 Å². The van der Waals surface area contributed by atoms with E-state index in [0.717, 1.165) is 5.57 Å². The minimum atomic E-state index is -4.92. The topological polar surface area (TPSA) is 58.2 Å². The summed E-state index contributed by atoms with van der Waals surface area (Å²) in [5.74, 6) is -2.32. The molecule has 132 valence electrons. The second kappa shape index (κ2) is 7.51. The number of halogens is 3. The van der Waals surface area contributed by atoms with Crippen LogP contribution in [0.4, 0.5) is 18.9 Å². The van der Waals surface area contributed by atoms with E-state index in [1.54, 1.807) is 23.5 Å². The van der Waals surface area contributed by atoms with E-state index in [9.17, 15) is 22.8 Å². The first-order chi connectivity index (χ1) is 10.9. The average molecular weight is 342 g/mol. The molecule has 0 aliphatic rings. The zero-order chi connectivity index (χ0) is 18.5. The zero-order valence-corrected chi connectivity index (χ0v) is 14.0. The molecule has 7 heteroatoms. The van der Waals surface area contributed by atoms with Crippen molar-refractivity contribution in [3.05, 3.63) is 41.5 Å². The Morgan fingerprint density at radius 3 is 2.33 bits per heavy atom. The van der Waals surface area contributed by atoms with E-state index in [4.69, 9.17) is 0 Å². The van der Waals surface area contributed by atoms with Gasteiger partial charge in [0, 0.05) is 18.3 Å². The largest absolute Gasteiger partial charge is 0.471 e. The fourth-order valence-electron chi connectivity index (χ4n) is 1.63. The van der Waals surface area contributed by atoms with Crippen molar-refractivity contribution in [3.63, 3.8) is 0 Å². The molecule has 1 aromatic rings. The van der Waals surface area contributed by atoms with Crippen LogP contribution in [0.1, 0.15) is 33.3 Å². The third kappa shape index (κ3) is 6.44. The molecule has 0 aromatic heterocycles. The number of hydrogen-bond acceptors (Lipinski definition) is 2. The smallest absolute Gasteiger partial charge is 0.344 e. The predicted molar refractivity (Wildman–Crippen MR) is 86.2 cm³/mol. The second-order valence-electron chi connectivity index (χ2n) is 6.45. The molecule has 1 aromatic carbocycles. The molecule has 0 saturated heterocycles. The van der Waals surface area contributed by atoms with Crippen molar-refractivity contribution in [2.24, 2.45) is 5.41 Å². The Bertz CT molecular complexity index is 644. The highest BCUT2D eigenvalue weighted by molar-refractivity contribution is 5.99. The molecule has 0 aliphatic carbocycles. The van der Waals surface area contributed by atoms with Crippen molar-refractivity contribution < 1.29 is 22.8 Å². The minimum Gasteiger partial charge on any atom is -0.344 e. The standard InChI is InChI=1S/C17H21F3N2O2/c1-11(16(2,3)4)8-14(23)22-13-7-5-6-12(9-13)10-21-15(24)17(18,19)20/h5-9H,10H2,1-4H3,(H,21,24)(H,22,23)/b11-8+. The molecule has 0 fully saturated rings. The highest BCUT2D eigenvalue weighted by Crippen LogP contribution is 2.24. The average Bonchev–Trinajstić information content (AvgIpc) is 2.42. The van der Waals surface area contributed by atoms with E-state index >= 15 is 0 Å². The van der Waals surface area contributed by atoms with Crippen LogP contribution in [-0.2, 0) is 16.1 Å². The third-order valence-corrected chi connectivity index (χ3v) is 3.44. The lowest BCUT2D eigenvalue weighted by molar-refractivity contribution is -0.173. The normalized spacial score (nSPS) is 12.7. The molecule has 0 heterocycles. The fourth-order valence-corrected chi connectivity index (χ4v) is 1.63. The van der Waals surface area contributed by atoms with E-state index in [2.05, 4.69) is 5.32 Å². The number of anilines is 1. The van der Waals surface area contributed by atoms with E-state index < -0.39 is 12.1 Å². The van der Waals surface area contributed by atoms with Gasteiger partial charge < -0.3 is 10.6 Å². The van der Waals surface area contributed by atoms with E-state index in [-0.39, 0.29) is 17.9 Å². The lowest BCUT2D eigenvalue weighted by Crippen LogP contribution is -2.36. The van der Waals surface area contributed by atoms with Crippen molar-refractivity contribution in [1.29, 1.82) is 0 Å². The van der Waals surface area contributed by atoms with Gasteiger partial charge in [0.2, 0.25) is 5.91 Å². The summed E-state index contributed by atoms with van der Waals surface area (Å²) >= 11 is 0. The first-order valence-electron chi connectivity index (χ1n) is 7.33. The molecule has 0 spiro atoms. The van der Waals surface area contributed by atoms with Gasteiger partial charge in [0.05, 0.1) is 0 Å². The fraction of sp³-hybridized carbons (Fsp3) is 0.412. The van der Waals surface area contributed by atoms with Crippen LogP contribution in [0.2, 0.25) is 0 Å². The van der Waals surface area contributed by atoms with Crippen molar-refractivity contribution in [2.75, 3.05) is 5.32 Å². The van der Waals surface area contributed by atoms with Gasteiger partial charge in [0.15, 0.2) is 0 Å². The van der Waals surface area contributed by atoms with Gasteiger partial charge in [0.25, 0.3) is 0 Å². The molecule has 0 saturated carbocycles. The first kappa shape index (κ1) is 19.7. The molecular formula is C17H21F3N2O2. The number of benzene rings is 1. The van der Waals surface area contributed by atoms with Crippen LogP contribution in [-0.4, -0.2) is 18.0 Å². The molecule has 4 nitrogen and oxygen atoms in total. The highest BCUT2D eigenvalue weighted by atomic mass is 19.4. The van der Waals surface area contributed by atoms with Gasteiger partial charge in [-0.1, -0.05) is 38.5 Å². The lowest BCUT2D eigenvalue weighted by atomic mass is 9.87. The molecule has 2 amide bonds. The first-order valence-corrected chi connectivity index (χ1v) is 7.33. The molecule has 24 heavy (non-hydrogen) atoms. The van der Waals surface area contributed by atoms with Gasteiger partial charge in [-0.15, -0.1) is 0 Å². The highest BCUT2D eigenvalue weighted by Gasteiger charge is 2.38. The molecule has 0 unspecified atom stereocenters. The van der Waals surface area contributed by atoms with Gasteiger partial charge in [-0.05, 0) is 30.0 Å². The van der Waals surface area contributed by atoms with Crippen LogP contribution in [0.3, 0.4) is 0 Å². The molecule has 1 rings (SSSR count).